The van der Waals surface area contributed by atoms with Crippen LogP contribution in [0.1, 0.15) is 24.8 Å². The van der Waals surface area contributed by atoms with E-state index in [1.807, 2.05) is 0 Å². The van der Waals surface area contributed by atoms with Crippen LogP contribution in [-0.2, 0) is 0 Å². The second-order valence-corrected chi connectivity index (χ2v) is 4.35. The maximum Gasteiger partial charge on any atom is 0.278 e. The molecular formula is C12H14F2N2O3. The summed E-state index contributed by atoms with van der Waals surface area (Å²) in [6.45, 7) is 1.64. The van der Waals surface area contributed by atoms with Crippen molar-refractivity contribution >= 4 is 5.69 Å². The molecule has 0 aliphatic carbocycles. The summed E-state index contributed by atoms with van der Waals surface area (Å²) in [6, 6.07) is 3.49. The number of rotatable bonds is 4. The van der Waals surface area contributed by atoms with Gasteiger partial charge in [-0.05, 0) is 38.1 Å². The molecule has 1 saturated heterocycles. The number of nitrogens with one attached hydrogen (secondary N) is 1. The smallest absolute Gasteiger partial charge is 0.278 e. The molecule has 1 heterocycles. The number of ether oxygens (including phenoxy) is 1. The molecule has 19 heavy (non-hydrogen) atoms. The quantitative estimate of drug-likeness (QED) is 0.676. The molecule has 2 rings (SSSR count). The van der Waals surface area contributed by atoms with E-state index < -0.39 is 22.6 Å². The van der Waals surface area contributed by atoms with Gasteiger partial charge in [0.2, 0.25) is 0 Å². The van der Waals surface area contributed by atoms with Crippen molar-refractivity contribution < 1.29 is 18.4 Å². The summed E-state index contributed by atoms with van der Waals surface area (Å²) < 4.78 is 31.1. The number of hydrogen-bond acceptors (Lipinski definition) is 4. The topological polar surface area (TPSA) is 64.4 Å². The first kappa shape index (κ1) is 13.7. The minimum Gasteiger partial charge on any atom is -0.490 e. The zero-order valence-electron chi connectivity index (χ0n) is 10.1. The van der Waals surface area contributed by atoms with E-state index in [0.717, 1.165) is 38.1 Å². The zero-order chi connectivity index (χ0) is 13.8. The van der Waals surface area contributed by atoms with Gasteiger partial charge >= 0.3 is 0 Å². The van der Waals surface area contributed by atoms with Crippen LogP contribution >= 0.6 is 0 Å². The van der Waals surface area contributed by atoms with E-state index in [4.69, 9.17) is 4.74 Å². The molecular weight excluding hydrogens is 258 g/mol. The van der Waals surface area contributed by atoms with Crippen LogP contribution < -0.4 is 10.1 Å². The summed E-state index contributed by atoms with van der Waals surface area (Å²) in [5, 5.41) is 13.8. The van der Waals surface area contributed by atoms with Crippen LogP contribution in [0, 0.1) is 10.1 Å². The molecule has 1 aliphatic heterocycles. The number of alkyl halides is 2. The Balaban J connectivity index is 2.17. The van der Waals surface area contributed by atoms with E-state index in [-0.39, 0.29) is 11.9 Å². The second-order valence-electron chi connectivity index (χ2n) is 4.35. The minimum absolute atomic E-state index is 0.0340. The van der Waals surface area contributed by atoms with Crippen molar-refractivity contribution in [3.05, 3.63) is 33.9 Å². The Kier molecular flexibility index (Phi) is 4.26. The molecule has 1 fully saturated rings. The van der Waals surface area contributed by atoms with Gasteiger partial charge in [0.15, 0.2) is 0 Å². The van der Waals surface area contributed by atoms with Gasteiger partial charge < -0.3 is 10.1 Å². The van der Waals surface area contributed by atoms with Crippen molar-refractivity contribution in [2.24, 2.45) is 0 Å². The second kappa shape index (κ2) is 5.92. The van der Waals surface area contributed by atoms with E-state index in [1.165, 1.54) is 6.07 Å². The lowest BCUT2D eigenvalue weighted by Gasteiger charge is -2.24. The van der Waals surface area contributed by atoms with Crippen LogP contribution in [0.2, 0.25) is 0 Å². The fourth-order valence-electron chi connectivity index (χ4n) is 2.05. The highest BCUT2D eigenvalue weighted by Crippen LogP contribution is 2.32. The maximum absolute atomic E-state index is 12.8. The van der Waals surface area contributed by atoms with E-state index >= 15 is 0 Å². The summed E-state index contributed by atoms with van der Waals surface area (Å²) in [5.41, 5.74) is -1.18. The highest BCUT2D eigenvalue weighted by Gasteiger charge is 2.23. The van der Waals surface area contributed by atoms with Gasteiger partial charge in [-0.1, -0.05) is 0 Å². The highest BCUT2D eigenvalue weighted by atomic mass is 19.3. The largest absolute Gasteiger partial charge is 0.490 e. The number of hydrogen-bond donors (Lipinski definition) is 1. The van der Waals surface area contributed by atoms with Gasteiger partial charge in [-0.15, -0.1) is 0 Å². The predicted molar refractivity (Wildman–Crippen MR) is 64.6 cm³/mol. The van der Waals surface area contributed by atoms with Crippen LogP contribution in [0.3, 0.4) is 0 Å². The number of halogens is 2. The average Bonchev–Trinajstić information content (AvgIpc) is 2.39. The maximum atomic E-state index is 12.8. The first-order valence-corrected chi connectivity index (χ1v) is 6.02. The van der Waals surface area contributed by atoms with Crippen molar-refractivity contribution in [2.75, 3.05) is 13.1 Å². The van der Waals surface area contributed by atoms with Crippen molar-refractivity contribution in [1.29, 1.82) is 0 Å². The average molecular weight is 272 g/mol. The predicted octanol–water partition coefficient (Wildman–Crippen LogP) is 2.66. The summed E-state index contributed by atoms with van der Waals surface area (Å²) in [6.07, 6.45) is -1.34. The van der Waals surface area contributed by atoms with Gasteiger partial charge in [-0.2, -0.15) is 0 Å². The molecule has 1 aliphatic rings. The first-order valence-electron chi connectivity index (χ1n) is 6.02. The van der Waals surface area contributed by atoms with Gasteiger partial charge in [0, 0.05) is 6.07 Å². The fourth-order valence-corrected chi connectivity index (χ4v) is 2.05. The third-order valence-electron chi connectivity index (χ3n) is 3.02. The SMILES string of the molecule is O=[N+]([O-])c1ccc(OC2CCNCC2)cc1C(F)F. The zero-order valence-corrected chi connectivity index (χ0v) is 10.1. The van der Waals surface area contributed by atoms with E-state index in [2.05, 4.69) is 5.32 Å². The highest BCUT2D eigenvalue weighted by molar-refractivity contribution is 5.46. The molecule has 0 unspecified atom stereocenters. The monoisotopic (exact) mass is 272 g/mol. The molecule has 0 atom stereocenters. The molecule has 0 radical (unpaired) electrons. The molecule has 104 valence electrons. The normalized spacial score (nSPS) is 16.6. The lowest BCUT2D eigenvalue weighted by atomic mass is 10.1. The Bertz CT molecular complexity index is 462. The van der Waals surface area contributed by atoms with Crippen LogP contribution in [0.5, 0.6) is 5.75 Å². The van der Waals surface area contributed by atoms with Gasteiger partial charge in [0.1, 0.15) is 11.9 Å². The minimum atomic E-state index is -2.89. The molecule has 0 bridgehead atoms. The summed E-state index contributed by atoms with van der Waals surface area (Å²) in [7, 11) is 0. The Morgan fingerprint density at radius 2 is 2.05 bits per heavy atom. The van der Waals surface area contributed by atoms with E-state index in [1.54, 1.807) is 0 Å². The van der Waals surface area contributed by atoms with Gasteiger partial charge in [-0.25, -0.2) is 8.78 Å². The number of piperidine rings is 1. The van der Waals surface area contributed by atoms with Crippen molar-refractivity contribution in [2.45, 2.75) is 25.4 Å². The Morgan fingerprint density at radius 1 is 1.37 bits per heavy atom. The Morgan fingerprint density at radius 3 is 2.63 bits per heavy atom. The number of nitro groups is 1. The van der Waals surface area contributed by atoms with E-state index in [0.29, 0.717) is 0 Å². The van der Waals surface area contributed by atoms with Gasteiger partial charge in [0.05, 0.1) is 10.5 Å². The number of benzene rings is 1. The van der Waals surface area contributed by atoms with E-state index in [9.17, 15) is 18.9 Å². The van der Waals surface area contributed by atoms with Gasteiger partial charge in [-0.3, -0.25) is 10.1 Å². The third kappa shape index (κ3) is 3.37. The van der Waals surface area contributed by atoms with Crippen molar-refractivity contribution in [3.8, 4) is 5.75 Å². The molecule has 7 heteroatoms. The van der Waals surface area contributed by atoms with Gasteiger partial charge in [0.25, 0.3) is 12.1 Å². The van der Waals surface area contributed by atoms with Crippen molar-refractivity contribution in [1.82, 2.24) is 5.32 Å². The van der Waals surface area contributed by atoms with Crippen LogP contribution in [0.25, 0.3) is 0 Å². The molecule has 1 aromatic carbocycles. The first-order chi connectivity index (χ1) is 9.08. The molecule has 1 aromatic rings. The summed E-state index contributed by atoms with van der Waals surface area (Å²) in [5.74, 6) is 0.257. The van der Waals surface area contributed by atoms with Crippen LogP contribution in [-0.4, -0.2) is 24.1 Å². The fraction of sp³-hybridized carbons (Fsp3) is 0.500. The molecule has 0 saturated carbocycles. The molecule has 0 spiro atoms. The number of nitrogens with zero attached hydrogens (tertiary/aromatic N) is 1. The Labute approximate surface area is 108 Å². The molecule has 1 N–H and O–H groups in total. The summed E-state index contributed by atoms with van der Waals surface area (Å²) in [4.78, 5) is 9.84. The summed E-state index contributed by atoms with van der Waals surface area (Å²) >= 11 is 0. The standard InChI is InChI=1S/C12H14F2N2O3/c13-12(14)10-7-9(1-2-11(10)16(17)18)19-8-3-5-15-6-4-8/h1-2,7-8,12,15H,3-6H2. The van der Waals surface area contributed by atoms with Crippen LogP contribution in [0.15, 0.2) is 18.2 Å². The molecule has 5 nitrogen and oxygen atoms in total. The molecule has 0 amide bonds. The lowest BCUT2D eigenvalue weighted by Crippen LogP contribution is -2.34. The Hall–Kier alpha value is -1.76. The van der Waals surface area contributed by atoms with Crippen molar-refractivity contribution in [3.63, 3.8) is 0 Å². The number of nitro benzene ring substituents is 1. The third-order valence-corrected chi connectivity index (χ3v) is 3.02. The molecule has 0 aromatic heterocycles. The van der Waals surface area contributed by atoms with Crippen LogP contribution in [0.4, 0.5) is 14.5 Å². The lowest BCUT2D eigenvalue weighted by molar-refractivity contribution is -0.386.